The molecule has 10 heteroatoms. The maximum Gasteiger partial charge on any atom is 0.320 e. The van der Waals surface area contributed by atoms with Crippen molar-refractivity contribution in [2.24, 2.45) is 10.7 Å². The molecule has 0 aliphatic heterocycles. The number of guanidine groups is 1. The minimum Gasteiger partial charge on any atom is -0.480 e. The van der Waals surface area contributed by atoms with E-state index in [1.165, 1.54) is 0 Å². The number of hydrogen-bond donors (Lipinski definition) is 7. The molecule has 0 aromatic carbocycles. The highest BCUT2D eigenvalue weighted by molar-refractivity contribution is 5.79. The fraction of sp³-hybridized carbons (Fsp3) is 0.824. The number of carbonyl (C=O) groups is 2. The molecular weight excluding hydrogens is 352 g/mol. The first kappa shape index (κ1) is 27.3. The molecule has 0 saturated heterocycles. The van der Waals surface area contributed by atoms with Crippen molar-refractivity contribution in [3.05, 3.63) is 0 Å². The minimum absolute atomic E-state index is 0.415. The van der Waals surface area contributed by atoms with Crippen LogP contribution in [0.2, 0.25) is 0 Å². The van der Waals surface area contributed by atoms with Gasteiger partial charge in [0.2, 0.25) is 0 Å². The number of nitrogens with one attached hydrogen (secondary N) is 4. The van der Waals surface area contributed by atoms with Gasteiger partial charge in [0.15, 0.2) is 5.96 Å². The van der Waals surface area contributed by atoms with Crippen molar-refractivity contribution >= 4 is 17.9 Å². The zero-order valence-corrected chi connectivity index (χ0v) is 17.0. The predicted molar refractivity (Wildman–Crippen MR) is 108 cm³/mol. The van der Waals surface area contributed by atoms with Crippen molar-refractivity contribution in [3.8, 4) is 0 Å². The molecule has 0 saturated carbocycles. The molecule has 0 aliphatic rings. The molecule has 2 atom stereocenters. The largest absolute Gasteiger partial charge is 0.480 e. The fourth-order valence-corrected chi connectivity index (χ4v) is 2.23. The third-order valence-corrected chi connectivity index (χ3v) is 3.91. The van der Waals surface area contributed by atoms with Gasteiger partial charge in [-0.1, -0.05) is 6.42 Å². The van der Waals surface area contributed by atoms with E-state index in [-0.39, 0.29) is 0 Å². The Labute approximate surface area is 162 Å². The summed E-state index contributed by atoms with van der Waals surface area (Å²) >= 11 is 0. The van der Waals surface area contributed by atoms with E-state index < -0.39 is 24.0 Å². The van der Waals surface area contributed by atoms with E-state index in [2.05, 4.69) is 26.3 Å². The highest BCUT2D eigenvalue weighted by atomic mass is 16.4. The quantitative estimate of drug-likeness (QED) is 0.124. The van der Waals surface area contributed by atoms with Crippen LogP contribution in [0.5, 0.6) is 0 Å². The normalized spacial score (nSPS) is 13.1. The lowest BCUT2D eigenvalue weighted by atomic mass is 10.1. The number of unbranched alkanes of at least 4 members (excludes halogenated alkanes) is 2. The number of carboxylic acids is 2. The van der Waals surface area contributed by atoms with Gasteiger partial charge in [-0.25, -0.2) is 0 Å². The third-order valence-electron chi connectivity index (χ3n) is 3.91. The van der Waals surface area contributed by atoms with Gasteiger partial charge in [0.05, 0.1) is 0 Å². The Morgan fingerprint density at radius 2 is 1.41 bits per heavy atom. The molecule has 0 rings (SSSR count). The minimum atomic E-state index is -0.790. The first-order valence-corrected chi connectivity index (χ1v) is 9.26. The van der Waals surface area contributed by atoms with Gasteiger partial charge in [-0.2, -0.15) is 0 Å². The van der Waals surface area contributed by atoms with Gasteiger partial charge in [0.25, 0.3) is 0 Å². The number of carboxylic acid groups (broad SMARTS) is 2. The van der Waals surface area contributed by atoms with Gasteiger partial charge >= 0.3 is 11.9 Å². The summed E-state index contributed by atoms with van der Waals surface area (Å²) in [4.78, 5) is 25.1. The van der Waals surface area contributed by atoms with Gasteiger partial charge in [0, 0.05) is 20.6 Å². The number of nitrogens with two attached hydrogens (primary N) is 1. The number of aliphatic imine (C=N–C) groups is 1. The summed E-state index contributed by atoms with van der Waals surface area (Å²) in [5, 5.41) is 28.9. The molecule has 27 heavy (non-hydrogen) atoms. The SMILES string of the molecule is CN=C(NC)NCCCC[C@H](NC)C(=O)O.CN[C@@H](CCCCN)C(=O)O. The lowest BCUT2D eigenvalue weighted by molar-refractivity contribution is -0.140. The second-order valence-electron chi connectivity index (χ2n) is 5.89. The van der Waals surface area contributed by atoms with Crippen LogP contribution in [0.3, 0.4) is 0 Å². The summed E-state index contributed by atoms with van der Waals surface area (Å²) < 4.78 is 0. The van der Waals surface area contributed by atoms with Gasteiger partial charge < -0.3 is 37.2 Å². The van der Waals surface area contributed by atoms with E-state index in [0.29, 0.717) is 19.4 Å². The predicted octanol–water partition coefficient (Wildman–Crippen LogP) is -0.588. The average molecular weight is 391 g/mol. The standard InChI is InChI=1S/C10H22N4O2.C7H16N2O2/c1-11-8(9(15)16)6-4-5-7-14-10(12-2)13-3;1-9-6(7(10)11)4-2-3-5-8/h8,11H,4-7H2,1-3H3,(H,15,16)(H2,12,13,14);6,9H,2-5,8H2,1H3,(H,10,11)/t8-;6-/m00/s1. The molecule has 0 heterocycles. The zero-order chi connectivity index (χ0) is 21.1. The highest BCUT2D eigenvalue weighted by Crippen LogP contribution is 2.00. The fourth-order valence-electron chi connectivity index (χ4n) is 2.23. The Hall–Kier alpha value is -1.91. The van der Waals surface area contributed by atoms with Crippen molar-refractivity contribution in [3.63, 3.8) is 0 Å². The summed E-state index contributed by atoms with van der Waals surface area (Å²) in [7, 11) is 6.83. The average Bonchev–Trinajstić information content (AvgIpc) is 2.65. The van der Waals surface area contributed by atoms with Crippen molar-refractivity contribution in [1.82, 2.24) is 21.3 Å². The van der Waals surface area contributed by atoms with Crippen molar-refractivity contribution in [1.29, 1.82) is 0 Å². The second kappa shape index (κ2) is 18.9. The Morgan fingerprint density at radius 1 is 0.926 bits per heavy atom. The molecule has 0 bridgehead atoms. The highest BCUT2D eigenvalue weighted by Gasteiger charge is 2.13. The van der Waals surface area contributed by atoms with E-state index in [0.717, 1.165) is 38.2 Å². The summed E-state index contributed by atoms with van der Waals surface area (Å²) in [5.74, 6) is -0.825. The van der Waals surface area contributed by atoms with Crippen molar-refractivity contribution in [2.45, 2.75) is 50.6 Å². The maximum atomic E-state index is 10.7. The molecule has 0 amide bonds. The van der Waals surface area contributed by atoms with E-state index in [1.54, 1.807) is 28.2 Å². The van der Waals surface area contributed by atoms with Gasteiger partial charge in [-0.15, -0.1) is 0 Å². The first-order chi connectivity index (χ1) is 12.9. The lowest BCUT2D eigenvalue weighted by Crippen LogP contribution is -2.36. The Bertz CT molecular complexity index is 420. The van der Waals surface area contributed by atoms with Gasteiger partial charge in [-0.05, 0) is 52.7 Å². The van der Waals surface area contributed by atoms with E-state index in [1.807, 2.05) is 0 Å². The molecule has 160 valence electrons. The molecule has 0 aliphatic carbocycles. The Morgan fingerprint density at radius 3 is 1.74 bits per heavy atom. The van der Waals surface area contributed by atoms with E-state index >= 15 is 0 Å². The first-order valence-electron chi connectivity index (χ1n) is 9.26. The molecule has 8 N–H and O–H groups in total. The van der Waals surface area contributed by atoms with Crippen LogP contribution in [0, 0.1) is 0 Å². The van der Waals surface area contributed by atoms with Crippen LogP contribution in [-0.2, 0) is 9.59 Å². The smallest absolute Gasteiger partial charge is 0.320 e. The Kier molecular flexibility index (Phi) is 19.1. The summed E-state index contributed by atoms with van der Waals surface area (Å²) in [6.45, 7) is 1.43. The number of nitrogens with zero attached hydrogens (tertiary/aromatic N) is 1. The van der Waals surface area contributed by atoms with Gasteiger partial charge in [-0.3, -0.25) is 14.6 Å². The monoisotopic (exact) mass is 390 g/mol. The molecule has 0 aromatic rings. The number of hydrogen-bond acceptors (Lipinski definition) is 6. The molecular formula is C17H38N6O4. The van der Waals surface area contributed by atoms with Crippen LogP contribution < -0.4 is 27.0 Å². The molecule has 0 spiro atoms. The second-order valence-corrected chi connectivity index (χ2v) is 5.89. The Balaban J connectivity index is 0. The third kappa shape index (κ3) is 16.0. The topological polar surface area (TPSA) is 161 Å². The van der Waals surface area contributed by atoms with Crippen LogP contribution in [0.4, 0.5) is 0 Å². The van der Waals surface area contributed by atoms with Gasteiger partial charge in [0.1, 0.15) is 12.1 Å². The summed E-state index contributed by atoms with van der Waals surface area (Å²) in [6.07, 6.45) is 4.85. The number of likely N-dealkylation sites (N-methyl/N-ethyl adjacent to an activating group) is 2. The summed E-state index contributed by atoms with van der Waals surface area (Å²) in [6, 6.07) is -0.856. The molecule has 0 fully saturated rings. The van der Waals surface area contributed by atoms with Crippen LogP contribution in [0.15, 0.2) is 4.99 Å². The number of aliphatic carboxylic acids is 2. The van der Waals surface area contributed by atoms with E-state index in [4.69, 9.17) is 15.9 Å². The lowest BCUT2D eigenvalue weighted by Gasteiger charge is -2.11. The zero-order valence-electron chi connectivity index (χ0n) is 17.0. The van der Waals surface area contributed by atoms with Crippen molar-refractivity contribution < 1.29 is 19.8 Å². The molecule has 0 radical (unpaired) electrons. The molecule has 0 unspecified atom stereocenters. The molecule has 10 nitrogen and oxygen atoms in total. The summed E-state index contributed by atoms with van der Waals surface area (Å²) in [5.41, 5.74) is 5.26. The maximum absolute atomic E-state index is 10.7. The van der Waals surface area contributed by atoms with Crippen LogP contribution in [-0.4, -0.2) is 81.5 Å². The van der Waals surface area contributed by atoms with Crippen LogP contribution in [0.25, 0.3) is 0 Å². The van der Waals surface area contributed by atoms with E-state index in [9.17, 15) is 9.59 Å². The number of rotatable bonds is 13. The molecule has 0 aromatic heterocycles. The van der Waals surface area contributed by atoms with Crippen LogP contribution in [0.1, 0.15) is 38.5 Å². The van der Waals surface area contributed by atoms with Crippen LogP contribution >= 0.6 is 0 Å². The van der Waals surface area contributed by atoms with Crippen molar-refractivity contribution in [2.75, 3.05) is 41.3 Å².